The fraction of sp³-hybridized carbons (Fsp3) is 0.0476. The zero-order valence-corrected chi connectivity index (χ0v) is 26.7. The fourth-order valence-electron chi connectivity index (χ4n) is 7.75. The van der Waals surface area contributed by atoms with E-state index in [2.05, 4.69) is 168 Å². The van der Waals surface area contributed by atoms with E-state index >= 15 is 0 Å². The molecule has 45 heavy (non-hydrogen) atoms. The van der Waals surface area contributed by atoms with E-state index in [4.69, 9.17) is 0 Å². The normalized spacial score (nSPS) is 14.7. The van der Waals surface area contributed by atoms with Gasteiger partial charge in [0.15, 0.2) is 8.07 Å². The summed E-state index contributed by atoms with van der Waals surface area (Å²) in [6, 6.07) is 54.6. The molecule has 1 aliphatic rings. The highest BCUT2D eigenvalue weighted by molar-refractivity contribution is 7.29. The van der Waals surface area contributed by atoms with E-state index in [9.17, 15) is 0 Å². The zero-order valence-electron chi connectivity index (χ0n) is 24.9. The molecule has 1 unspecified atom stereocenters. The number of nitrogens with zero attached hydrogens (tertiary/aromatic N) is 1. The van der Waals surface area contributed by atoms with Gasteiger partial charge < -0.3 is 4.57 Å². The van der Waals surface area contributed by atoms with Crippen LogP contribution < -0.4 is 15.6 Å². The Morgan fingerprint density at radius 1 is 0.556 bits per heavy atom. The Balaban J connectivity index is 1.41. The number of hydrogen-bond acceptors (Lipinski definition) is 1. The largest absolute Gasteiger partial charge is 0.309 e. The molecular weight excluding hydrogens is 579 g/mol. The second-order valence-electron chi connectivity index (χ2n) is 12.0. The summed E-state index contributed by atoms with van der Waals surface area (Å²) in [6.07, 6.45) is 9.20. The van der Waals surface area contributed by atoms with Gasteiger partial charge in [0.1, 0.15) is 0 Å². The predicted molar refractivity (Wildman–Crippen MR) is 198 cm³/mol. The van der Waals surface area contributed by atoms with E-state index < -0.39 is 8.07 Å². The average Bonchev–Trinajstić information content (AvgIpc) is 3.66. The van der Waals surface area contributed by atoms with Crippen LogP contribution in [0.1, 0.15) is 12.8 Å². The quantitative estimate of drug-likeness (QED) is 0.135. The van der Waals surface area contributed by atoms with E-state index in [0.29, 0.717) is 0 Å². The molecule has 0 aliphatic heterocycles. The molecule has 0 N–H and O–H groups in total. The van der Waals surface area contributed by atoms with Gasteiger partial charge in [0, 0.05) is 36.6 Å². The van der Waals surface area contributed by atoms with Crippen molar-refractivity contribution in [3.63, 3.8) is 0 Å². The lowest BCUT2D eigenvalue weighted by atomic mass is 10.1. The number of rotatable bonds is 5. The van der Waals surface area contributed by atoms with Crippen molar-refractivity contribution >= 4 is 76.9 Å². The molecular formula is C42H31NSSi. The standard InChI is InChI=1S/C42H31NSSi/c1-3-16-31(17-4-1)45(32-18-5-2-6-19-32,41-28-14-24-37-36-23-9-12-27-40(36)44-42(37)41)33-20-13-15-30(29-33)43-38-25-10-7-21-34(38)35-22-8-11-26-39(35)43/h1-5,7-18,20-29H,6,19H2. The molecule has 2 heterocycles. The fourth-order valence-corrected chi connectivity index (χ4v) is 14.6. The van der Waals surface area contributed by atoms with E-state index in [1.165, 1.54) is 63.2 Å². The summed E-state index contributed by atoms with van der Waals surface area (Å²) in [5, 5.41) is 11.2. The van der Waals surface area contributed by atoms with Gasteiger partial charge in [0.05, 0.1) is 11.0 Å². The predicted octanol–water partition coefficient (Wildman–Crippen LogP) is 9.44. The van der Waals surface area contributed by atoms with Crippen molar-refractivity contribution in [2.75, 3.05) is 0 Å². The van der Waals surface area contributed by atoms with Crippen LogP contribution in [0.25, 0.3) is 47.7 Å². The molecule has 0 bridgehead atoms. The molecule has 2 aromatic heterocycles. The van der Waals surface area contributed by atoms with Crippen LogP contribution in [0.15, 0.2) is 169 Å². The summed E-state index contributed by atoms with van der Waals surface area (Å²) in [4.78, 5) is 0. The lowest BCUT2D eigenvalue weighted by Gasteiger charge is -2.37. The number of hydrogen-bond donors (Lipinski definition) is 0. The first-order valence-corrected chi connectivity index (χ1v) is 18.6. The minimum atomic E-state index is -2.72. The third-order valence-electron chi connectivity index (χ3n) is 9.63. The molecule has 6 aromatic carbocycles. The molecule has 9 rings (SSSR count). The van der Waals surface area contributed by atoms with Crippen molar-refractivity contribution in [3.8, 4) is 5.69 Å². The Morgan fingerprint density at radius 3 is 1.96 bits per heavy atom. The van der Waals surface area contributed by atoms with Crippen molar-refractivity contribution in [1.29, 1.82) is 0 Å². The molecule has 0 saturated carbocycles. The Morgan fingerprint density at radius 2 is 1.20 bits per heavy atom. The van der Waals surface area contributed by atoms with Crippen LogP contribution in [0.2, 0.25) is 0 Å². The van der Waals surface area contributed by atoms with Crippen LogP contribution >= 0.6 is 11.3 Å². The first-order chi connectivity index (χ1) is 22.3. The van der Waals surface area contributed by atoms with Gasteiger partial charge in [0.25, 0.3) is 0 Å². The smallest absolute Gasteiger partial charge is 0.177 e. The van der Waals surface area contributed by atoms with Crippen molar-refractivity contribution in [3.05, 3.63) is 169 Å². The SMILES string of the molecule is C1=CCCC([Si](c2ccccc2)(c2cccc(-n3c4ccccc4c4ccccc43)c2)c2cccc3c2sc2ccccc23)=C1. The zero-order chi connectivity index (χ0) is 29.8. The van der Waals surface area contributed by atoms with E-state index in [1.54, 1.807) is 5.20 Å². The Bertz CT molecular complexity index is 2390. The topological polar surface area (TPSA) is 4.93 Å². The molecule has 0 spiro atoms. The second kappa shape index (κ2) is 10.6. The molecule has 214 valence electrons. The van der Waals surface area contributed by atoms with Crippen LogP contribution in [-0.4, -0.2) is 12.6 Å². The van der Waals surface area contributed by atoms with Gasteiger partial charge >= 0.3 is 0 Å². The van der Waals surface area contributed by atoms with Gasteiger partial charge in [-0.2, -0.15) is 0 Å². The highest BCUT2D eigenvalue weighted by Gasteiger charge is 2.44. The Kier molecular flexibility index (Phi) is 6.22. The summed E-state index contributed by atoms with van der Waals surface area (Å²) in [5.74, 6) is 0. The van der Waals surface area contributed by atoms with E-state index in [-0.39, 0.29) is 0 Å². The lowest BCUT2D eigenvalue weighted by Crippen LogP contribution is -2.69. The van der Waals surface area contributed by atoms with Gasteiger partial charge in [-0.05, 0) is 58.7 Å². The van der Waals surface area contributed by atoms with Crippen LogP contribution in [0.5, 0.6) is 0 Å². The molecule has 0 fully saturated rings. The van der Waals surface area contributed by atoms with Crippen LogP contribution in [-0.2, 0) is 0 Å². The molecule has 0 radical (unpaired) electrons. The third-order valence-corrected chi connectivity index (χ3v) is 16.0. The van der Waals surface area contributed by atoms with Crippen LogP contribution in [0.4, 0.5) is 0 Å². The maximum atomic E-state index is 2.52. The summed E-state index contributed by atoms with van der Waals surface area (Å²) in [5.41, 5.74) is 3.71. The summed E-state index contributed by atoms with van der Waals surface area (Å²) < 4.78 is 5.24. The number of thiophene rings is 1. The average molecular weight is 610 g/mol. The second-order valence-corrected chi connectivity index (χ2v) is 16.9. The number of para-hydroxylation sites is 2. The first-order valence-electron chi connectivity index (χ1n) is 15.8. The van der Waals surface area contributed by atoms with E-state index in [0.717, 1.165) is 12.8 Å². The maximum Gasteiger partial charge on any atom is 0.177 e. The molecule has 1 atom stereocenters. The van der Waals surface area contributed by atoms with Crippen molar-refractivity contribution in [2.45, 2.75) is 12.8 Å². The molecule has 0 amide bonds. The number of fused-ring (bicyclic) bond motifs is 6. The first kappa shape index (κ1) is 26.4. The lowest BCUT2D eigenvalue weighted by molar-refractivity contribution is 1.01. The number of allylic oxidation sites excluding steroid dienone is 4. The van der Waals surface area contributed by atoms with Crippen LogP contribution in [0.3, 0.4) is 0 Å². The number of benzene rings is 6. The van der Waals surface area contributed by atoms with Crippen LogP contribution in [0, 0.1) is 0 Å². The van der Waals surface area contributed by atoms with Gasteiger partial charge in [0.2, 0.25) is 0 Å². The van der Waals surface area contributed by atoms with Gasteiger partial charge in [-0.3, -0.25) is 0 Å². The molecule has 1 nitrogen and oxygen atoms in total. The van der Waals surface area contributed by atoms with Gasteiger partial charge in [-0.25, -0.2) is 0 Å². The maximum absolute atomic E-state index is 2.72. The Hall–Kier alpha value is -4.96. The Labute approximate surface area is 268 Å². The molecule has 0 saturated heterocycles. The third kappa shape index (κ3) is 3.98. The van der Waals surface area contributed by atoms with Gasteiger partial charge in [-0.15, -0.1) is 11.3 Å². The van der Waals surface area contributed by atoms with Crippen molar-refractivity contribution < 1.29 is 0 Å². The summed E-state index contributed by atoms with van der Waals surface area (Å²) in [7, 11) is -2.72. The minimum absolute atomic E-state index is 1.07. The number of aromatic nitrogens is 1. The van der Waals surface area contributed by atoms with Gasteiger partial charge in [-0.1, -0.05) is 139 Å². The highest BCUT2D eigenvalue weighted by Crippen LogP contribution is 2.36. The summed E-state index contributed by atoms with van der Waals surface area (Å²) >= 11 is 1.96. The molecule has 3 heteroatoms. The van der Waals surface area contributed by atoms with E-state index in [1.807, 2.05) is 11.3 Å². The molecule has 8 aromatic rings. The highest BCUT2D eigenvalue weighted by atomic mass is 32.1. The van der Waals surface area contributed by atoms with Crippen molar-refractivity contribution in [1.82, 2.24) is 4.57 Å². The summed E-state index contributed by atoms with van der Waals surface area (Å²) in [6.45, 7) is 0. The molecule has 1 aliphatic carbocycles. The monoisotopic (exact) mass is 609 g/mol. The van der Waals surface area contributed by atoms with Crippen molar-refractivity contribution in [2.24, 2.45) is 0 Å². The minimum Gasteiger partial charge on any atom is -0.309 e.